The minimum atomic E-state index is -1.54. The molecule has 0 radical (unpaired) electrons. The van der Waals surface area contributed by atoms with Crippen LogP contribution in [0.4, 0.5) is 13.2 Å². The second-order valence-corrected chi connectivity index (χ2v) is 4.88. The van der Waals surface area contributed by atoms with Gasteiger partial charge in [-0.1, -0.05) is 6.07 Å². The van der Waals surface area contributed by atoms with E-state index in [0.717, 1.165) is 12.1 Å². The Morgan fingerprint density at radius 3 is 2.43 bits per heavy atom. The van der Waals surface area contributed by atoms with Crippen LogP contribution in [0, 0.1) is 17.5 Å². The summed E-state index contributed by atoms with van der Waals surface area (Å²) in [6, 6.07) is 0.884. The SMILES string of the molecule is COc1cnn(C(C)C)c1C(N)c1ccc(F)c(F)c1F. The van der Waals surface area contributed by atoms with Gasteiger partial charge in [0.1, 0.15) is 5.69 Å². The molecule has 1 heterocycles. The van der Waals surface area contributed by atoms with Gasteiger partial charge in [-0.15, -0.1) is 0 Å². The van der Waals surface area contributed by atoms with Crippen LogP contribution < -0.4 is 10.5 Å². The first kappa shape index (κ1) is 15.4. The first-order valence-corrected chi connectivity index (χ1v) is 6.38. The van der Waals surface area contributed by atoms with E-state index in [1.165, 1.54) is 13.3 Å². The van der Waals surface area contributed by atoms with Crippen molar-refractivity contribution in [3.05, 3.63) is 47.0 Å². The molecule has 0 saturated carbocycles. The third-order valence-electron chi connectivity index (χ3n) is 3.20. The lowest BCUT2D eigenvalue weighted by molar-refractivity contribution is 0.397. The van der Waals surface area contributed by atoms with Crippen molar-refractivity contribution in [2.24, 2.45) is 5.73 Å². The number of methoxy groups -OCH3 is 1. The zero-order valence-corrected chi connectivity index (χ0v) is 11.9. The van der Waals surface area contributed by atoms with Crippen LogP contribution in [0.25, 0.3) is 0 Å². The van der Waals surface area contributed by atoms with Gasteiger partial charge in [0.25, 0.3) is 0 Å². The topological polar surface area (TPSA) is 53.1 Å². The van der Waals surface area contributed by atoms with Crippen molar-refractivity contribution in [1.82, 2.24) is 9.78 Å². The average Bonchev–Trinajstić information content (AvgIpc) is 2.88. The van der Waals surface area contributed by atoms with E-state index in [-0.39, 0.29) is 11.6 Å². The maximum atomic E-state index is 13.9. The molecule has 0 spiro atoms. The van der Waals surface area contributed by atoms with E-state index in [2.05, 4.69) is 5.10 Å². The van der Waals surface area contributed by atoms with Gasteiger partial charge in [-0.3, -0.25) is 4.68 Å². The molecule has 0 aliphatic rings. The van der Waals surface area contributed by atoms with E-state index in [9.17, 15) is 13.2 Å². The molecule has 4 nitrogen and oxygen atoms in total. The van der Waals surface area contributed by atoms with Gasteiger partial charge in [0, 0.05) is 11.6 Å². The fraction of sp³-hybridized carbons (Fsp3) is 0.357. The van der Waals surface area contributed by atoms with Gasteiger partial charge in [-0.2, -0.15) is 5.10 Å². The van der Waals surface area contributed by atoms with Gasteiger partial charge in [0.15, 0.2) is 23.2 Å². The fourth-order valence-corrected chi connectivity index (χ4v) is 2.15. The monoisotopic (exact) mass is 299 g/mol. The number of hydrogen-bond acceptors (Lipinski definition) is 3. The summed E-state index contributed by atoms with van der Waals surface area (Å²) < 4.78 is 47.0. The number of halogens is 3. The maximum absolute atomic E-state index is 13.9. The molecular formula is C14H16F3N3O. The van der Waals surface area contributed by atoms with Crippen molar-refractivity contribution >= 4 is 0 Å². The molecule has 114 valence electrons. The minimum absolute atomic E-state index is 0.0525. The minimum Gasteiger partial charge on any atom is -0.493 e. The Kier molecular flexibility index (Phi) is 4.22. The molecule has 1 unspecified atom stereocenters. The van der Waals surface area contributed by atoms with Crippen LogP contribution >= 0.6 is 0 Å². The lowest BCUT2D eigenvalue weighted by Gasteiger charge is -2.19. The second kappa shape index (κ2) is 5.77. The highest BCUT2D eigenvalue weighted by molar-refractivity contribution is 5.37. The third kappa shape index (κ3) is 2.61. The summed E-state index contributed by atoms with van der Waals surface area (Å²) in [4.78, 5) is 0. The summed E-state index contributed by atoms with van der Waals surface area (Å²) in [6.45, 7) is 3.73. The van der Waals surface area contributed by atoms with Crippen molar-refractivity contribution in [2.75, 3.05) is 7.11 Å². The molecule has 7 heteroatoms. The van der Waals surface area contributed by atoms with Crippen molar-refractivity contribution < 1.29 is 17.9 Å². The molecule has 2 aromatic rings. The molecule has 0 fully saturated rings. The number of nitrogens with zero attached hydrogens (tertiary/aromatic N) is 2. The molecule has 0 aliphatic carbocycles. The Morgan fingerprint density at radius 1 is 1.19 bits per heavy atom. The largest absolute Gasteiger partial charge is 0.493 e. The lowest BCUT2D eigenvalue weighted by Crippen LogP contribution is -2.21. The van der Waals surface area contributed by atoms with Crippen LogP contribution in [-0.2, 0) is 0 Å². The van der Waals surface area contributed by atoms with Crippen LogP contribution in [-0.4, -0.2) is 16.9 Å². The van der Waals surface area contributed by atoms with Crippen molar-refractivity contribution in [3.63, 3.8) is 0 Å². The number of rotatable bonds is 4. The molecule has 1 atom stereocenters. The van der Waals surface area contributed by atoms with Gasteiger partial charge < -0.3 is 10.5 Å². The molecule has 2 N–H and O–H groups in total. The average molecular weight is 299 g/mol. The molecular weight excluding hydrogens is 283 g/mol. The summed E-state index contributed by atoms with van der Waals surface area (Å²) in [5.41, 5.74) is 6.27. The molecule has 1 aromatic carbocycles. The summed E-state index contributed by atoms with van der Waals surface area (Å²) in [5.74, 6) is -3.74. The van der Waals surface area contributed by atoms with Crippen LogP contribution in [0.1, 0.15) is 37.2 Å². The fourth-order valence-electron chi connectivity index (χ4n) is 2.15. The second-order valence-electron chi connectivity index (χ2n) is 4.88. The van der Waals surface area contributed by atoms with E-state index in [0.29, 0.717) is 11.4 Å². The first-order valence-electron chi connectivity index (χ1n) is 6.38. The summed E-state index contributed by atoms with van der Waals surface area (Å²) in [5, 5.41) is 4.12. The Morgan fingerprint density at radius 2 is 1.86 bits per heavy atom. The van der Waals surface area contributed by atoms with E-state index in [1.54, 1.807) is 4.68 Å². The summed E-state index contributed by atoms with van der Waals surface area (Å²) >= 11 is 0. The van der Waals surface area contributed by atoms with E-state index in [4.69, 9.17) is 10.5 Å². The van der Waals surface area contributed by atoms with Gasteiger partial charge in [-0.05, 0) is 19.9 Å². The number of nitrogens with two attached hydrogens (primary N) is 1. The molecule has 1 aromatic heterocycles. The quantitative estimate of drug-likeness (QED) is 0.883. The number of aromatic nitrogens is 2. The van der Waals surface area contributed by atoms with Crippen LogP contribution in [0.15, 0.2) is 18.3 Å². The predicted octanol–water partition coefficient (Wildman–Crippen LogP) is 2.94. The predicted molar refractivity (Wildman–Crippen MR) is 71.5 cm³/mol. The Labute approximate surface area is 120 Å². The van der Waals surface area contributed by atoms with E-state index < -0.39 is 23.5 Å². The number of ether oxygens (including phenoxy) is 1. The molecule has 2 rings (SSSR count). The number of benzene rings is 1. The zero-order valence-electron chi connectivity index (χ0n) is 11.9. The standard InChI is InChI=1S/C14H16F3N3O/c1-7(2)20-14(10(21-3)6-19-20)13(18)8-4-5-9(15)12(17)11(8)16/h4-7,13H,18H2,1-3H3. The van der Waals surface area contributed by atoms with Gasteiger partial charge >= 0.3 is 0 Å². The van der Waals surface area contributed by atoms with Crippen LogP contribution in [0.5, 0.6) is 5.75 Å². The van der Waals surface area contributed by atoms with Crippen molar-refractivity contribution in [2.45, 2.75) is 25.9 Å². The normalized spacial score (nSPS) is 12.8. The lowest BCUT2D eigenvalue weighted by atomic mass is 10.0. The van der Waals surface area contributed by atoms with Gasteiger partial charge in [0.2, 0.25) is 0 Å². The van der Waals surface area contributed by atoms with Crippen molar-refractivity contribution in [1.29, 1.82) is 0 Å². The smallest absolute Gasteiger partial charge is 0.194 e. The van der Waals surface area contributed by atoms with Crippen LogP contribution in [0.3, 0.4) is 0 Å². The van der Waals surface area contributed by atoms with E-state index >= 15 is 0 Å². The first-order chi connectivity index (χ1) is 9.88. The Bertz CT molecular complexity index is 655. The number of hydrogen-bond donors (Lipinski definition) is 1. The molecule has 0 aliphatic heterocycles. The molecule has 0 amide bonds. The highest BCUT2D eigenvalue weighted by Gasteiger charge is 2.26. The maximum Gasteiger partial charge on any atom is 0.194 e. The highest BCUT2D eigenvalue weighted by Crippen LogP contribution is 2.32. The van der Waals surface area contributed by atoms with Crippen molar-refractivity contribution in [3.8, 4) is 5.75 Å². The van der Waals surface area contributed by atoms with Gasteiger partial charge in [0.05, 0.1) is 19.3 Å². The van der Waals surface area contributed by atoms with Crippen LogP contribution in [0.2, 0.25) is 0 Å². The Hall–Kier alpha value is -2.02. The molecule has 21 heavy (non-hydrogen) atoms. The third-order valence-corrected chi connectivity index (χ3v) is 3.20. The summed E-state index contributed by atoms with van der Waals surface area (Å²) in [6.07, 6.45) is 1.45. The zero-order chi connectivity index (χ0) is 15.7. The molecule has 0 bridgehead atoms. The Balaban J connectivity index is 2.57. The highest BCUT2D eigenvalue weighted by atomic mass is 19.2. The summed E-state index contributed by atoms with van der Waals surface area (Å²) in [7, 11) is 1.43. The van der Waals surface area contributed by atoms with Gasteiger partial charge in [-0.25, -0.2) is 13.2 Å². The molecule has 0 saturated heterocycles. The van der Waals surface area contributed by atoms with E-state index in [1.807, 2.05) is 13.8 Å².